The highest BCUT2D eigenvalue weighted by Gasteiger charge is 2.57. The topological polar surface area (TPSA) is 176 Å². The Labute approximate surface area is 233 Å². The molecule has 218 valence electrons. The summed E-state index contributed by atoms with van der Waals surface area (Å²) in [5.41, 5.74) is 5.72. The van der Waals surface area contributed by atoms with Crippen molar-refractivity contribution < 1.29 is 41.4 Å². The summed E-state index contributed by atoms with van der Waals surface area (Å²) < 4.78 is 37.7. The number of benzene rings is 2. The van der Waals surface area contributed by atoms with E-state index in [1.54, 1.807) is 32.0 Å². The van der Waals surface area contributed by atoms with E-state index in [-0.39, 0.29) is 31.6 Å². The van der Waals surface area contributed by atoms with Gasteiger partial charge in [0.05, 0.1) is 19.1 Å². The molecule has 12 nitrogen and oxygen atoms in total. The number of ether oxygens (including phenoxy) is 2. The second-order valence-corrected chi connectivity index (χ2v) is 11.6. The standard InChI is InChI=1S/C27H35N3O9S/c1-19(2)18-30(23(27(32)33)7-5-6-16-28,40(36,37)22-12-10-21(11-13-22)29(34)35)26(31)15-9-20-8-14-24(38-3)25(17-20)39-4/h8-15,17,19,23H,5-7,16,18,28H2,1-4H3/p+1/t23-,30?/m0/s1. The van der Waals surface area contributed by atoms with Crippen LogP contribution in [0.3, 0.4) is 0 Å². The largest absolute Gasteiger partial charge is 0.493 e. The van der Waals surface area contributed by atoms with Crippen molar-refractivity contribution in [3.63, 3.8) is 0 Å². The van der Waals surface area contributed by atoms with E-state index in [1.165, 1.54) is 20.3 Å². The maximum atomic E-state index is 14.3. The van der Waals surface area contributed by atoms with Gasteiger partial charge in [0.25, 0.3) is 5.69 Å². The van der Waals surface area contributed by atoms with Crippen LogP contribution in [-0.4, -0.2) is 67.6 Å². The molecule has 0 fully saturated rings. The van der Waals surface area contributed by atoms with Crippen LogP contribution in [0.25, 0.3) is 6.08 Å². The third kappa shape index (κ3) is 7.03. The van der Waals surface area contributed by atoms with Crippen LogP contribution in [0.4, 0.5) is 5.69 Å². The highest BCUT2D eigenvalue weighted by atomic mass is 32.2. The molecule has 2 atom stereocenters. The van der Waals surface area contributed by atoms with E-state index in [1.807, 2.05) is 0 Å². The molecule has 2 aromatic rings. The molecule has 0 heterocycles. The third-order valence-corrected chi connectivity index (χ3v) is 8.64. The maximum Gasteiger partial charge on any atom is 0.364 e. The zero-order chi connectivity index (χ0) is 30.1. The van der Waals surface area contributed by atoms with E-state index < -0.39 is 47.6 Å². The van der Waals surface area contributed by atoms with Crippen LogP contribution in [0.15, 0.2) is 53.4 Å². The Hall–Kier alpha value is -3.81. The number of hydrogen-bond acceptors (Lipinski definition) is 9. The number of unbranched alkanes of at least 4 members (excludes halogenated alkanes) is 1. The number of carboxylic acids is 1. The van der Waals surface area contributed by atoms with Crippen molar-refractivity contribution in [3.05, 3.63) is 64.2 Å². The van der Waals surface area contributed by atoms with E-state index in [0.29, 0.717) is 23.5 Å². The zero-order valence-corrected chi connectivity index (χ0v) is 23.8. The van der Waals surface area contributed by atoms with Crippen LogP contribution in [0.2, 0.25) is 0 Å². The maximum absolute atomic E-state index is 14.3. The number of rotatable bonds is 15. The van der Waals surface area contributed by atoms with Gasteiger partial charge in [-0.25, -0.2) is 9.59 Å². The molecule has 0 aliphatic carbocycles. The van der Waals surface area contributed by atoms with Crippen LogP contribution < -0.4 is 15.2 Å². The molecule has 0 saturated heterocycles. The summed E-state index contributed by atoms with van der Waals surface area (Å²) in [5, 5.41) is 21.4. The van der Waals surface area contributed by atoms with Gasteiger partial charge in [0, 0.05) is 30.5 Å². The molecule has 2 aromatic carbocycles. The van der Waals surface area contributed by atoms with Crippen molar-refractivity contribution >= 4 is 33.7 Å². The molecule has 0 bridgehead atoms. The minimum absolute atomic E-state index is 0.137. The van der Waals surface area contributed by atoms with Gasteiger partial charge in [-0.3, -0.25) is 10.1 Å². The molecule has 1 amide bonds. The number of carbonyl (C=O) groups excluding carboxylic acids is 1. The van der Waals surface area contributed by atoms with Gasteiger partial charge in [0.2, 0.25) is 6.04 Å². The van der Waals surface area contributed by atoms with Crippen LogP contribution in [-0.2, 0) is 19.6 Å². The first-order valence-electron chi connectivity index (χ1n) is 12.6. The van der Waals surface area contributed by atoms with Gasteiger partial charge >= 0.3 is 21.9 Å². The molecule has 13 heteroatoms. The number of carboxylic acid groups (broad SMARTS) is 1. The first kappa shape index (κ1) is 32.4. The smallest absolute Gasteiger partial charge is 0.364 e. The number of nitro groups is 1. The molecular formula is C27H36N3O9S+. The van der Waals surface area contributed by atoms with E-state index in [2.05, 4.69) is 0 Å². The molecule has 1 unspecified atom stereocenters. The van der Waals surface area contributed by atoms with E-state index in [0.717, 1.165) is 30.3 Å². The van der Waals surface area contributed by atoms with Crippen LogP contribution in [0.1, 0.15) is 38.7 Å². The summed E-state index contributed by atoms with van der Waals surface area (Å²) in [6, 6.07) is 7.20. The number of aliphatic carboxylic acids is 1. The lowest BCUT2D eigenvalue weighted by Crippen LogP contribution is -2.65. The lowest BCUT2D eigenvalue weighted by atomic mass is 10.0. The predicted molar refractivity (Wildman–Crippen MR) is 148 cm³/mol. The molecule has 0 aromatic heterocycles. The first-order chi connectivity index (χ1) is 18.8. The highest BCUT2D eigenvalue weighted by Crippen LogP contribution is 2.35. The molecule has 2 rings (SSSR count). The number of hydrogen-bond donors (Lipinski definition) is 2. The second-order valence-electron chi connectivity index (χ2n) is 9.52. The van der Waals surface area contributed by atoms with Crippen LogP contribution in [0, 0.1) is 16.0 Å². The van der Waals surface area contributed by atoms with Crippen LogP contribution >= 0.6 is 0 Å². The molecule has 0 saturated carbocycles. The molecule has 0 radical (unpaired) electrons. The summed E-state index contributed by atoms with van der Waals surface area (Å²) in [6.07, 6.45) is 2.99. The van der Waals surface area contributed by atoms with Gasteiger partial charge < -0.3 is 20.3 Å². The monoisotopic (exact) mass is 578 g/mol. The van der Waals surface area contributed by atoms with E-state index in [9.17, 15) is 33.2 Å². The number of methoxy groups -OCH3 is 2. The number of nitrogens with two attached hydrogens (primary N) is 1. The number of sulfonamides is 1. The third-order valence-electron chi connectivity index (χ3n) is 6.33. The Morgan fingerprint density at radius 3 is 2.20 bits per heavy atom. The number of non-ortho nitro benzene ring substituents is 1. The van der Waals surface area contributed by atoms with Crippen molar-refractivity contribution in [2.24, 2.45) is 11.7 Å². The Kier molecular flexibility index (Phi) is 11.3. The lowest BCUT2D eigenvalue weighted by Gasteiger charge is -2.39. The molecule has 0 spiro atoms. The summed E-state index contributed by atoms with van der Waals surface area (Å²) in [6.45, 7) is 3.28. The zero-order valence-electron chi connectivity index (χ0n) is 23.0. The summed E-state index contributed by atoms with van der Waals surface area (Å²) in [5.74, 6) is -2.04. The number of quaternary nitrogens is 1. The molecule has 0 aliphatic rings. The van der Waals surface area contributed by atoms with Gasteiger partial charge in [-0.2, -0.15) is 8.42 Å². The average Bonchev–Trinajstić information content (AvgIpc) is 2.92. The second kappa shape index (κ2) is 14.0. The first-order valence-corrected chi connectivity index (χ1v) is 14.0. The summed E-state index contributed by atoms with van der Waals surface area (Å²) in [4.78, 5) is 36.8. The van der Waals surface area contributed by atoms with Crippen molar-refractivity contribution in [2.75, 3.05) is 27.3 Å². The van der Waals surface area contributed by atoms with Crippen molar-refractivity contribution in [1.82, 2.24) is 0 Å². The summed E-state index contributed by atoms with van der Waals surface area (Å²) in [7, 11) is -1.84. The number of nitrogens with zero attached hydrogens (tertiary/aromatic N) is 2. The lowest BCUT2D eigenvalue weighted by molar-refractivity contribution is -0.749. The SMILES string of the molecule is COc1ccc(C=CC(=O)[N+](CC(C)C)([C@@H](CCCCN)C(=O)O)S(=O)(=O)c2ccc([N+](=O)[O-])cc2)cc1OC. The summed E-state index contributed by atoms with van der Waals surface area (Å²) >= 11 is 0. The Balaban J connectivity index is 2.80. The van der Waals surface area contributed by atoms with Gasteiger partial charge in [0.15, 0.2) is 11.5 Å². The van der Waals surface area contributed by atoms with Gasteiger partial charge in [-0.05, 0) is 55.3 Å². The normalized spacial score (nSPS) is 14.1. The quantitative estimate of drug-likeness (QED) is 0.104. The van der Waals surface area contributed by atoms with E-state index in [4.69, 9.17) is 15.2 Å². The fourth-order valence-corrected chi connectivity index (χ4v) is 6.65. The Morgan fingerprint density at radius 1 is 1.07 bits per heavy atom. The van der Waals surface area contributed by atoms with Gasteiger partial charge in [0.1, 0.15) is 11.4 Å². The number of amides is 1. The number of carbonyl (C=O) groups is 2. The predicted octanol–water partition coefficient (Wildman–Crippen LogP) is 3.60. The minimum Gasteiger partial charge on any atom is -0.493 e. The number of nitro benzene ring substituents is 1. The van der Waals surface area contributed by atoms with Crippen LogP contribution in [0.5, 0.6) is 11.5 Å². The molecule has 40 heavy (non-hydrogen) atoms. The van der Waals surface area contributed by atoms with Gasteiger partial charge in [-0.15, -0.1) is 3.89 Å². The fraction of sp³-hybridized carbons (Fsp3) is 0.407. The fourth-order valence-electron chi connectivity index (χ4n) is 4.47. The minimum atomic E-state index is -4.75. The van der Waals surface area contributed by atoms with Crippen molar-refractivity contribution in [1.29, 1.82) is 0 Å². The molecular weight excluding hydrogens is 542 g/mol. The molecule has 0 aliphatic heterocycles. The van der Waals surface area contributed by atoms with Crippen molar-refractivity contribution in [3.8, 4) is 11.5 Å². The van der Waals surface area contributed by atoms with Crippen molar-refractivity contribution in [2.45, 2.75) is 44.0 Å². The van der Waals surface area contributed by atoms with E-state index >= 15 is 0 Å². The average molecular weight is 579 g/mol. The van der Waals surface area contributed by atoms with Gasteiger partial charge in [-0.1, -0.05) is 19.9 Å². The Morgan fingerprint density at radius 2 is 1.70 bits per heavy atom. The Bertz CT molecular complexity index is 1340. The molecule has 3 N–H and O–H groups in total. The highest BCUT2D eigenvalue weighted by molar-refractivity contribution is 7.86.